The smallest absolute Gasteiger partial charge is 0.293 e. The van der Waals surface area contributed by atoms with Crippen LogP contribution in [0, 0.1) is 0 Å². The molecule has 0 bridgehead atoms. The van der Waals surface area contributed by atoms with Crippen LogP contribution >= 0.6 is 11.6 Å². The SMILES string of the molecule is CC[C@@H]1CN(c2ncc(Cl)c(Nc3ccc4c(c3)cc(OCC(=O)NC)c(=O)n4C(C)C)n2)CCO1. The number of aromatic nitrogens is 3. The molecule has 1 aliphatic rings. The molecule has 4 rings (SSSR count). The minimum absolute atomic E-state index is 0.108. The number of amides is 1. The molecule has 0 saturated carbocycles. The zero-order chi connectivity index (χ0) is 25.8. The Morgan fingerprint density at radius 2 is 2.14 bits per heavy atom. The van der Waals surface area contributed by atoms with Crippen molar-refractivity contribution in [2.45, 2.75) is 39.3 Å². The summed E-state index contributed by atoms with van der Waals surface area (Å²) in [4.78, 5) is 35.9. The standard InChI is InChI=1S/C25H31ClN6O4/c1-5-18-13-31(8-9-35-18)25-28-12-19(26)23(30-25)29-17-6-7-20-16(10-17)11-21(36-14-22(33)27-4)24(34)32(20)15(2)3/h6-7,10-12,15,18H,5,8-9,13-14H2,1-4H3,(H,27,33)(H,28,29,30)/t18-/m1/s1. The molecule has 0 spiro atoms. The highest BCUT2D eigenvalue weighted by molar-refractivity contribution is 6.32. The maximum absolute atomic E-state index is 13.0. The number of nitrogens with zero attached hydrogens (tertiary/aromatic N) is 4. The van der Waals surface area contributed by atoms with Gasteiger partial charge in [0.05, 0.1) is 24.4 Å². The quantitative estimate of drug-likeness (QED) is 0.470. The third-order valence-electron chi connectivity index (χ3n) is 6.03. The van der Waals surface area contributed by atoms with Gasteiger partial charge < -0.3 is 29.6 Å². The number of nitrogens with one attached hydrogen (secondary N) is 2. The molecule has 3 heterocycles. The summed E-state index contributed by atoms with van der Waals surface area (Å²) < 4.78 is 12.9. The number of fused-ring (bicyclic) bond motifs is 1. The van der Waals surface area contributed by atoms with Gasteiger partial charge in [-0.25, -0.2) is 4.98 Å². The first-order valence-electron chi connectivity index (χ1n) is 12.0. The second-order valence-corrected chi connectivity index (χ2v) is 9.26. The molecular formula is C25H31ClN6O4. The van der Waals surface area contributed by atoms with Gasteiger partial charge in [-0.1, -0.05) is 18.5 Å². The third-order valence-corrected chi connectivity index (χ3v) is 6.30. The Balaban J connectivity index is 1.66. The van der Waals surface area contributed by atoms with Crippen molar-refractivity contribution in [2.24, 2.45) is 0 Å². The second-order valence-electron chi connectivity index (χ2n) is 8.85. The van der Waals surface area contributed by atoms with Crippen LogP contribution in [0.3, 0.4) is 0 Å². The largest absolute Gasteiger partial charge is 0.478 e. The lowest BCUT2D eigenvalue weighted by molar-refractivity contribution is -0.122. The molecule has 36 heavy (non-hydrogen) atoms. The average Bonchev–Trinajstić information content (AvgIpc) is 2.88. The van der Waals surface area contributed by atoms with Crippen molar-refractivity contribution < 1.29 is 14.3 Å². The molecule has 2 aromatic heterocycles. The molecule has 2 N–H and O–H groups in total. The number of rotatable bonds is 8. The zero-order valence-electron chi connectivity index (χ0n) is 20.9. The molecule has 192 valence electrons. The Labute approximate surface area is 214 Å². The van der Waals surface area contributed by atoms with Crippen molar-refractivity contribution in [3.63, 3.8) is 0 Å². The van der Waals surface area contributed by atoms with Gasteiger partial charge in [0.15, 0.2) is 18.2 Å². The number of halogens is 1. The molecule has 3 aromatic rings. The van der Waals surface area contributed by atoms with Gasteiger partial charge in [-0.2, -0.15) is 4.98 Å². The molecule has 1 aliphatic heterocycles. The number of hydrogen-bond donors (Lipinski definition) is 2. The normalized spacial score (nSPS) is 15.8. The maximum Gasteiger partial charge on any atom is 0.293 e. The van der Waals surface area contributed by atoms with E-state index < -0.39 is 0 Å². The number of carbonyl (C=O) groups is 1. The van der Waals surface area contributed by atoms with Crippen molar-refractivity contribution in [3.8, 4) is 5.75 Å². The molecule has 10 nitrogen and oxygen atoms in total. The summed E-state index contributed by atoms with van der Waals surface area (Å²) >= 11 is 6.42. The lowest BCUT2D eigenvalue weighted by atomic mass is 10.1. The van der Waals surface area contributed by atoms with Crippen molar-refractivity contribution in [2.75, 3.05) is 43.6 Å². The Morgan fingerprint density at radius 3 is 2.86 bits per heavy atom. The van der Waals surface area contributed by atoms with Gasteiger partial charge in [0.25, 0.3) is 11.5 Å². The first-order chi connectivity index (χ1) is 17.3. The Bertz CT molecular complexity index is 1310. The maximum atomic E-state index is 13.0. The van der Waals surface area contributed by atoms with Gasteiger partial charge in [0.1, 0.15) is 5.02 Å². The second kappa shape index (κ2) is 11.1. The highest BCUT2D eigenvalue weighted by atomic mass is 35.5. The molecule has 1 aromatic carbocycles. The van der Waals surface area contributed by atoms with Gasteiger partial charge in [-0.3, -0.25) is 9.59 Å². The van der Waals surface area contributed by atoms with Crippen molar-refractivity contribution in [1.82, 2.24) is 19.9 Å². The number of pyridine rings is 1. The minimum Gasteiger partial charge on any atom is -0.478 e. The fourth-order valence-electron chi connectivity index (χ4n) is 4.11. The Hall–Kier alpha value is -3.37. The number of benzene rings is 1. The predicted octanol–water partition coefficient (Wildman–Crippen LogP) is 3.51. The summed E-state index contributed by atoms with van der Waals surface area (Å²) in [6.45, 7) is 7.75. The molecule has 0 unspecified atom stereocenters. The van der Waals surface area contributed by atoms with Gasteiger partial charge in [-0.15, -0.1) is 0 Å². The Kier molecular flexibility index (Phi) is 7.95. The van der Waals surface area contributed by atoms with Crippen LogP contribution in [0.2, 0.25) is 5.02 Å². The van der Waals surface area contributed by atoms with E-state index in [-0.39, 0.29) is 36.0 Å². The summed E-state index contributed by atoms with van der Waals surface area (Å²) in [6, 6.07) is 7.16. The molecule has 1 fully saturated rings. The summed E-state index contributed by atoms with van der Waals surface area (Å²) in [5.41, 5.74) is 1.19. The summed E-state index contributed by atoms with van der Waals surface area (Å²) in [6.07, 6.45) is 2.65. The molecule has 1 atom stereocenters. The van der Waals surface area contributed by atoms with E-state index in [4.69, 9.17) is 21.1 Å². The van der Waals surface area contributed by atoms with E-state index in [1.54, 1.807) is 16.8 Å². The number of carbonyl (C=O) groups excluding carboxylic acids is 1. The van der Waals surface area contributed by atoms with E-state index in [0.29, 0.717) is 29.9 Å². The Morgan fingerprint density at radius 1 is 1.33 bits per heavy atom. The van der Waals surface area contributed by atoms with E-state index in [0.717, 1.165) is 29.6 Å². The number of hydrogen-bond acceptors (Lipinski definition) is 8. The van der Waals surface area contributed by atoms with Gasteiger partial charge >= 0.3 is 0 Å². The van der Waals surface area contributed by atoms with Crippen molar-refractivity contribution in [3.05, 3.63) is 45.8 Å². The topological polar surface area (TPSA) is 111 Å². The van der Waals surface area contributed by atoms with Gasteiger partial charge in [0.2, 0.25) is 5.95 Å². The highest BCUT2D eigenvalue weighted by Gasteiger charge is 2.22. The first-order valence-corrected chi connectivity index (χ1v) is 12.4. The zero-order valence-corrected chi connectivity index (χ0v) is 21.6. The summed E-state index contributed by atoms with van der Waals surface area (Å²) in [5, 5.41) is 6.92. The van der Waals surface area contributed by atoms with Crippen LogP contribution in [0.15, 0.2) is 35.3 Å². The van der Waals surface area contributed by atoms with E-state index in [1.807, 2.05) is 32.0 Å². The van der Waals surface area contributed by atoms with Crippen LogP contribution in [0.5, 0.6) is 5.75 Å². The van der Waals surface area contributed by atoms with Crippen LogP contribution in [0.4, 0.5) is 17.5 Å². The minimum atomic E-state index is -0.319. The molecular weight excluding hydrogens is 484 g/mol. The van der Waals surface area contributed by atoms with Gasteiger partial charge in [-0.05, 0) is 44.5 Å². The summed E-state index contributed by atoms with van der Waals surface area (Å²) in [7, 11) is 1.52. The number of morpholine rings is 1. The molecule has 1 amide bonds. The third kappa shape index (κ3) is 5.55. The molecule has 11 heteroatoms. The molecule has 1 saturated heterocycles. The average molecular weight is 515 g/mol. The fraction of sp³-hybridized carbons (Fsp3) is 0.440. The number of ether oxygens (including phenoxy) is 2. The fourth-order valence-corrected chi connectivity index (χ4v) is 4.25. The van der Waals surface area contributed by atoms with E-state index in [1.165, 1.54) is 7.05 Å². The first kappa shape index (κ1) is 25.7. The van der Waals surface area contributed by atoms with Crippen LogP contribution < -0.4 is 25.8 Å². The van der Waals surface area contributed by atoms with Crippen molar-refractivity contribution in [1.29, 1.82) is 0 Å². The number of anilines is 3. The van der Waals surface area contributed by atoms with Crippen LogP contribution in [-0.2, 0) is 9.53 Å². The molecule has 0 aliphatic carbocycles. The van der Waals surface area contributed by atoms with Crippen LogP contribution in [0.25, 0.3) is 10.9 Å². The van der Waals surface area contributed by atoms with E-state index in [9.17, 15) is 9.59 Å². The lowest BCUT2D eigenvalue weighted by Crippen LogP contribution is -2.43. The number of likely N-dealkylation sites (N-methyl/N-ethyl adjacent to an activating group) is 1. The van der Waals surface area contributed by atoms with Gasteiger partial charge in [0, 0.05) is 37.3 Å². The van der Waals surface area contributed by atoms with Crippen LogP contribution in [-0.4, -0.2) is 59.9 Å². The van der Waals surface area contributed by atoms with Crippen molar-refractivity contribution >= 4 is 45.9 Å². The predicted molar refractivity (Wildman–Crippen MR) is 141 cm³/mol. The van der Waals surface area contributed by atoms with Crippen LogP contribution in [0.1, 0.15) is 33.2 Å². The monoisotopic (exact) mass is 514 g/mol. The highest BCUT2D eigenvalue weighted by Crippen LogP contribution is 2.29. The van der Waals surface area contributed by atoms with E-state index in [2.05, 4.69) is 32.4 Å². The summed E-state index contributed by atoms with van der Waals surface area (Å²) in [5.74, 6) is 0.856. The molecule has 0 radical (unpaired) electrons. The van der Waals surface area contributed by atoms with E-state index >= 15 is 0 Å². The lowest BCUT2D eigenvalue weighted by Gasteiger charge is -2.32.